The Labute approximate surface area is 148 Å². The zero-order valence-corrected chi connectivity index (χ0v) is 14.6. The third-order valence-electron chi connectivity index (χ3n) is 3.05. The maximum absolute atomic E-state index is 10.4. The van der Waals surface area contributed by atoms with Crippen molar-refractivity contribution in [2.24, 2.45) is 11.5 Å². The van der Waals surface area contributed by atoms with Crippen molar-refractivity contribution in [2.75, 3.05) is 0 Å². The lowest BCUT2D eigenvalue weighted by Crippen LogP contribution is -2.01. The quantitative estimate of drug-likeness (QED) is 0.659. The van der Waals surface area contributed by atoms with Gasteiger partial charge < -0.3 is 21.7 Å². The van der Waals surface area contributed by atoms with Crippen molar-refractivity contribution in [2.45, 2.75) is 33.4 Å². The largest absolute Gasteiger partial charge is 0.481 e. The van der Waals surface area contributed by atoms with Gasteiger partial charge in [0.15, 0.2) is 0 Å². The molecule has 2 aromatic rings. The molecule has 6 nitrogen and oxygen atoms in total. The van der Waals surface area contributed by atoms with E-state index in [1.54, 1.807) is 36.4 Å². The number of rotatable bonds is 5. The van der Waals surface area contributed by atoms with E-state index in [1.807, 2.05) is 26.0 Å². The molecule has 6 heteroatoms. The highest BCUT2D eigenvalue weighted by Crippen LogP contribution is 2.04. The van der Waals surface area contributed by atoms with Gasteiger partial charge in [-0.05, 0) is 28.8 Å². The number of carboxylic acids is 2. The first-order valence-corrected chi connectivity index (χ1v) is 7.98. The minimum absolute atomic E-state index is 0.0743. The molecule has 0 bridgehead atoms. The Hall–Kier alpha value is -2.70. The highest BCUT2D eigenvalue weighted by molar-refractivity contribution is 5.87. The number of carboxylic acid groups (broad SMARTS) is 2. The van der Waals surface area contributed by atoms with Crippen LogP contribution in [0.5, 0.6) is 0 Å². The number of nitrogens with two attached hydrogens (primary N) is 2. The SMILES string of the molecule is CC.NCc1ccc(C(=O)O)cc1.NCc1ccc(CC(=O)O)cc1. The minimum atomic E-state index is -0.909. The molecule has 0 aliphatic carbocycles. The number of hydrogen-bond donors (Lipinski definition) is 4. The van der Waals surface area contributed by atoms with Crippen LogP contribution >= 0.6 is 0 Å². The van der Waals surface area contributed by atoms with Crippen LogP contribution in [0, 0.1) is 0 Å². The fourth-order valence-corrected chi connectivity index (χ4v) is 1.75. The van der Waals surface area contributed by atoms with Crippen LogP contribution in [0.3, 0.4) is 0 Å². The lowest BCUT2D eigenvalue weighted by molar-refractivity contribution is -0.136. The molecule has 0 atom stereocenters. The number of hydrogen-bond acceptors (Lipinski definition) is 4. The fraction of sp³-hybridized carbons (Fsp3) is 0.263. The summed E-state index contributed by atoms with van der Waals surface area (Å²) in [7, 11) is 0. The molecule has 6 N–H and O–H groups in total. The van der Waals surface area contributed by atoms with E-state index in [4.69, 9.17) is 21.7 Å². The monoisotopic (exact) mass is 346 g/mol. The van der Waals surface area contributed by atoms with Crippen LogP contribution in [0.2, 0.25) is 0 Å². The summed E-state index contributed by atoms with van der Waals surface area (Å²) in [5.41, 5.74) is 13.8. The van der Waals surface area contributed by atoms with E-state index >= 15 is 0 Å². The molecule has 136 valence electrons. The molecular formula is C19H26N2O4. The van der Waals surface area contributed by atoms with Crippen molar-refractivity contribution in [1.82, 2.24) is 0 Å². The third kappa shape index (κ3) is 9.24. The number of carbonyl (C=O) groups is 2. The molecule has 2 aromatic carbocycles. The zero-order chi connectivity index (χ0) is 19.2. The lowest BCUT2D eigenvalue weighted by Gasteiger charge is -1.98. The van der Waals surface area contributed by atoms with Crippen LogP contribution in [0.4, 0.5) is 0 Å². The summed E-state index contributed by atoms with van der Waals surface area (Å²) in [6, 6.07) is 13.8. The highest BCUT2D eigenvalue weighted by Gasteiger charge is 2.00. The smallest absolute Gasteiger partial charge is 0.335 e. The highest BCUT2D eigenvalue weighted by atomic mass is 16.4. The molecule has 25 heavy (non-hydrogen) atoms. The molecular weight excluding hydrogens is 320 g/mol. The van der Waals surface area contributed by atoms with Crippen molar-refractivity contribution in [3.8, 4) is 0 Å². The van der Waals surface area contributed by atoms with E-state index in [0.717, 1.165) is 16.7 Å². The van der Waals surface area contributed by atoms with Crippen LogP contribution in [-0.2, 0) is 24.3 Å². The zero-order valence-electron chi connectivity index (χ0n) is 14.6. The normalized spacial score (nSPS) is 9.12. The van der Waals surface area contributed by atoms with E-state index in [0.29, 0.717) is 18.7 Å². The summed E-state index contributed by atoms with van der Waals surface area (Å²) in [4.78, 5) is 20.7. The van der Waals surface area contributed by atoms with Gasteiger partial charge in [0.1, 0.15) is 0 Å². The maximum Gasteiger partial charge on any atom is 0.335 e. The number of aromatic carboxylic acids is 1. The van der Waals surface area contributed by atoms with Crippen LogP contribution in [-0.4, -0.2) is 22.2 Å². The lowest BCUT2D eigenvalue weighted by atomic mass is 10.1. The average molecular weight is 346 g/mol. The topological polar surface area (TPSA) is 127 Å². The first-order valence-electron chi connectivity index (χ1n) is 7.98. The molecule has 0 unspecified atom stereocenters. The second-order valence-corrected chi connectivity index (χ2v) is 4.80. The molecule has 0 aromatic heterocycles. The van der Waals surface area contributed by atoms with Gasteiger partial charge in [0.05, 0.1) is 12.0 Å². The van der Waals surface area contributed by atoms with E-state index < -0.39 is 11.9 Å². The van der Waals surface area contributed by atoms with Crippen molar-refractivity contribution in [1.29, 1.82) is 0 Å². The van der Waals surface area contributed by atoms with Crippen molar-refractivity contribution >= 4 is 11.9 Å². The summed E-state index contributed by atoms with van der Waals surface area (Å²) in [5, 5.41) is 17.0. The molecule has 0 amide bonds. The molecule has 0 heterocycles. The molecule has 0 aliphatic heterocycles. The van der Waals surface area contributed by atoms with Crippen molar-refractivity contribution < 1.29 is 19.8 Å². The predicted molar refractivity (Wildman–Crippen MR) is 98.3 cm³/mol. The van der Waals surface area contributed by atoms with Crippen LogP contribution in [0.15, 0.2) is 48.5 Å². The Bertz CT molecular complexity index is 637. The summed E-state index contributed by atoms with van der Waals surface area (Å²) in [6.07, 6.45) is 0.0743. The van der Waals surface area contributed by atoms with Crippen LogP contribution in [0.25, 0.3) is 0 Å². The van der Waals surface area contributed by atoms with Crippen LogP contribution in [0.1, 0.15) is 40.9 Å². The average Bonchev–Trinajstić information content (AvgIpc) is 2.64. The molecule has 0 saturated carbocycles. The Morgan fingerprint density at radius 2 is 1.12 bits per heavy atom. The number of benzene rings is 2. The molecule has 2 rings (SSSR count). The van der Waals surface area contributed by atoms with Gasteiger partial charge in [0.2, 0.25) is 0 Å². The first kappa shape index (κ1) is 22.3. The van der Waals surface area contributed by atoms with E-state index in [-0.39, 0.29) is 6.42 Å². The second-order valence-electron chi connectivity index (χ2n) is 4.80. The van der Waals surface area contributed by atoms with Gasteiger partial charge in [-0.25, -0.2) is 4.79 Å². The molecule has 0 radical (unpaired) electrons. The third-order valence-corrected chi connectivity index (χ3v) is 3.05. The molecule has 0 aliphatic rings. The minimum Gasteiger partial charge on any atom is -0.481 e. The van der Waals surface area contributed by atoms with E-state index in [9.17, 15) is 9.59 Å². The molecule has 0 fully saturated rings. The summed E-state index contributed by atoms with van der Waals surface area (Å²) < 4.78 is 0. The Morgan fingerprint density at radius 1 is 0.760 bits per heavy atom. The summed E-state index contributed by atoms with van der Waals surface area (Å²) in [6.45, 7) is 4.94. The van der Waals surface area contributed by atoms with Gasteiger partial charge in [-0.3, -0.25) is 4.79 Å². The van der Waals surface area contributed by atoms with E-state index in [1.165, 1.54) is 0 Å². The van der Waals surface area contributed by atoms with Crippen LogP contribution < -0.4 is 11.5 Å². The Balaban J connectivity index is 0.000000421. The van der Waals surface area contributed by atoms with Gasteiger partial charge in [-0.15, -0.1) is 0 Å². The summed E-state index contributed by atoms with van der Waals surface area (Å²) in [5.74, 6) is -1.72. The second kappa shape index (κ2) is 12.7. The summed E-state index contributed by atoms with van der Waals surface area (Å²) >= 11 is 0. The van der Waals surface area contributed by atoms with Crippen molar-refractivity contribution in [3.05, 3.63) is 70.8 Å². The molecule has 0 saturated heterocycles. The fourth-order valence-electron chi connectivity index (χ4n) is 1.75. The van der Waals surface area contributed by atoms with Crippen molar-refractivity contribution in [3.63, 3.8) is 0 Å². The standard InChI is InChI=1S/C9H11NO2.C8H9NO2.C2H6/c10-6-8-3-1-7(2-4-8)5-9(11)12;9-5-6-1-3-7(4-2-6)8(10)11;1-2/h1-4H,5-6,10H2,(H,11,12);1-4H,5,9H2,(H,10,11);1-2H3. The van der Waals surface area contributed by atoms with Gasteiger partial charge in [-0.1, -0.05) is 50.2 Å². The maximum atomic E-state index is 10.4. The number of aliphatic carboxylic acids is 1. The molecule has 0 spiro atoms. The van der Waals surface area contributed by atoms with Gasteiger partial charge in [0.25, 0.3) is 0 Å². The Kier molecular flexibility index (Phi) is 11.3. The van der Waals surface area contributed by atoms with Gasteiger partial charge in [-0.2, -0.15) is 0 Å². The Morgan fingerprint density at radius 3 is 1.44 bits per heavy atom. The van der Waals surface area contributed by atoms with Gasteiger partial charge in [0, 0.05) is 13.1 Å². The first-order chi connectivity index (χ1) is 12.0. The van der Waals surface area contributed by atoms with Gasteiger partial charge >= 0.3 is 11.9 Å². The predicted octanol–water partition coefficient (Wildman–Crippen LogP) is 2.64. The van der Waals surface area contributed by atoms with E-state index in [2.05, 4.69) is 0 Å².